The highest BCUT2D eigenvalue weighted by Crippen LogP contribution is 2.25. The van der Waals surface area contributed by atoms with Crippen LogP contribution in [0.1, 0.15) is 23.6 Å². The van der Waals surface area contributed by atoms with E-state index in [1.165, 1.54) is 4.90 Å². The fourth-order valence-electron chi connectivity index (χ4n) is 3.61. The first kappa shape index (κ1) is 20.4. The standard InChI is InChI=1S/C24H23N3O4/c1-3-31-22(28)15-26-14-18(19-6-4-5-7-21(19)26)12-20-23(29)27(24(30)25-20)13-17-10-8-16(2)9-11-17/h4-12,14H,3,13,15H2,1-2H3,(H,25,30)/b20-12+. The molecule has 4 rings (SSSR count). The first-order valence-electron chi connectivity index (χ1n) is 10.1. The van der Waals surface area contributed by atoms with Crippen LogP contribution >= 0.6 is 0 Å². The third kappa shape index (κ3) is 4.21. The van der Waals surface area contributed by atoms with E-state index in [4.69, 9.17) is 4.74 Å². The van der Waals surface area contributed by atoms with Crippen LogP contribution in [0.25, 0.3) is 17.0 Å². The number of esters is 1. The van der Waals surface area contributed by atoms with Gasteiger partial charge in [0.25, 0.3) is 5.91 Å². The predicted octanol–water partition coefficient (Wildman–Crippen LogP) is 3.61. The lowest BCUT2D eigenvalue weighted by Crippen LogP contribution is -2.30. The molecule has 3 aromatic rings. The van der Waals surface area contributed by atoms with Crippen molar-refractivity contribution in [2.24, 2.45) is 0 Å². The van der Waals surface area contributed by atoms with Gasteiger partial charge in [-0.2, -0.15) is 0 Å². The molecule has 0 aliphatic carbocycles. The van der Waals surface area contributed by atoms with Crippen LogP contribution in [0.5, 0.6) is 0 Å². The van der Waals surface area contributed by atoms with Gasteiger partial charge in [0.05, 0.1) is 13.2 Å². The van der Waals surface area contributed by atoms with E-state index in [9.17, 15) is 14.4 Å². The summed E-state index contributed by atoms with van der Waals surface area (Å²) in [5, 5.41) is 3.54. The van der Waals surface area contributed by atoms with Crippen molar-refractivity contribution in [1.82, 2.24) is 14.8 Å². The zero-order valence-corrected chi connectivity index (χ0v) is 17.4. The molecular weight excluding hydrogens is 394 g/mol. The summed E-state index contributed by atoms with van der Waals surface area (Å²) in [5.74, 6) is -0.718. The molecule has 1 saturated heterocycles. The van der Waals surface area contributed by atoms with Crippen LogP contribution in [0.4, 0.5) is 4.79 Å². The molecule has 0 spiro atoms. The molecule has 1 aliphatic rings. The lowest BCUT2D eigenvalue weighted by Gasteiger charge is -2.11. The summed E-state index contributed by atoms with van der Waals surface area (Å²) in [7, 11) is 0. The van der Waals surface area contributed by atoms with E-state index >= 15 is 0 Å². The van der Waals surface area contributed by atoms with Gasteiger partial charge in [-0.3, -0.25) is 14.5 Å². The third-order valence-corrected chi connectivity index (χ3v) is 5.15. The van der Waals surface area contributed by atoms with Crippen molar-refractivity contribution in [2.75, 3.05) is 6.61 Å². The molecule has 0 atom stereocenters. The number of nitrogens with one attached hydrogen (secondary N) is 1. The molecule has 0 bridgehead atoms. The molecule has 7 heteroatoms. The van der Waals surface area contributed by atoms with Crippen LogP contribution in [0, 0.1) is 6.92 Å². The molecular formula is C24H23N3O4. The van der Waals surface area contributed by atoms with Gasteiger partial charge in [-0.1, -0.05) is 48.0 Å². The molecule has 1 aliphatic heterocycles. The highest BCUT2D eigenvalue weighted by Gasteiger charge is 2.33. The topological polar surface area (TPSA) is 80.6 Å². The lowest BCUT2D eigenvalue weighted by molar-refractivity contribution is -0.143. The van der Waals surface area contributed by atoms with Crippen molar-refractivity contribution < 1.29 is 19.1 Å². The Hall–Kier alpha value is -3.87. The fourth-order valence-corrected chi connectivity index (χ4v) is 3.61. The zero-order chi connectivity index (χ0) is 22.0. The number of hydrogen-bond donors (Lipinski definition) is 1. The molecule has 2 aromatic carbocycles. The monoisotopic (exact) mass is 417 g/mol. The number of rotatable bonds is 6. The van der Waals surface area contributed by atoms with Crippen LogP contribution in [0.15, 0.2) is 60.4 Å². The van der Waals surface area contributed by atoms with Gasteiger partial charge < -0.3 is 14.6 Å². The van der Waals surface area contributed by atoms with E-state index in [2.05, 4.69) is 5.32 Å². The number of aryl methyl sites for hydroxylation is 1. The Kier molecular flexibility index (Phi) is 5.58. The van der Waals surface area contributed by atoms with Gasteiger partial charge in [-0.15, -0.1) is 0 Å². The van der Waals surface area contributed by atoms with Gasteiger partial charge in [0.1, 0.15) is 12.2 Å². The number of urea groups is 1. The van der Waals surface area contributed by atoms with Crippen molar-refractivity contribution in [3.8, 4) is 0 Å². The van der Waals surface area contributed by atoms with Gasteiger partial charge in [-0.05, 0) is 31.6 Å². The summed E-state index contributed by atoms with van der Waals surface area (Å²) in [6.07, 6.45) is 3.44. The molecule has 2 heterocycles. The molecule has 3 amide bonds. The van der Waals surface area contributed by atoms with Crippen LogP contribution < -0.4 is 5.32 Å². The fraction of sp³-hybridized carbons (Fsp3) is 0.208. The molecule has 1 N–H and O–H groups in total. The average Bonchev–Trinajstić information content (AvgIpc) is 3.22. The van der Waals surface area contributed by atoms with E-state index in [-0.39, 0.29) is 30.7 Å². The van der Waals surface area contributed by atoms with Crippen molar-refractivity contribution in [3.05, 3.63) is 77.1 Å². The normalized spacial score (nSPS) is 15.0. The summed E-state index contributed by atoms with van der Waals surface area (Å²) in [5.41, 5.74) is 3.77. The number of amides is 3. The number of imide groups is 1. The third-order valence-electron chi connectivity index (χ3n) is 5.15. The maximum atomic E-state index is 12.9. The molecule has 31 heavy (non-hydrogen) atoms. The zero-order valence-electron chi connectivity index (χ0n) is 17.4. The van der Waals surface area contributed by atoms with Crippen LogP contribution in [-0.4, -0.2) is 34.0 Å². The van der Waals surface area contributed by atoms with Crippen molar-refractivity contribution in [3.63, 3.8) is 0 Å². The Balaban J connectivity index is 1.62. The van der Waals surface area contributed by atoms with Crippen molar-refractivity contribution in [2.45, 2.75) is 26.9 Å². The minimum atomic E-state index is -0.452. The number of carbonyl (C=O) groups is 3. The highest BCUT2D eigenvalue weighted by atomic mass is 16.5. The number of fused-ring (bicyclic) bond motifs is 1. The van der Waals surface area contributed by atoms with E-state index in [1.807, 2.05) is 55.5 Å². The summed E-state index contributed by atoms with van der Waals surface area (Å²) in [6, 6.07) is 14.8. The number of benzene rings is 2. The maximum absolute atomic E-state index is 12.9. The summed E-state index contributed by atoms with van der Waals surface area (Å²) in [4.78, 5) is 38.5. The van der Waals surface area contributed by atoms with E-state index in [0.29, 0.717) is 6.61 Å². The maximum Gasteiger partial charge on any atom is 0.329 e. The van der Waals surface area contributed by atoms with E-state index < -0.39 is 6.03 Å². The number of carbonyl (C=O) groups excluding carboxylic acids is 3. The smallest absolute Gasteiger partial charge is 0.329 e. The summed E-state index contributed by atoms with van der Waals surface area (Å²) >= 11 is 0. The first-order chi connectivity index (χ1) is 15.0. The van der Waals surface area contributed by atoms with Gasteiger partial charge in [0.2, 0.25) is 0 Å². The molecule has 158 valence electrons. The first-order valence-corrected chi connectivity index (χ1v) is 10.1. The van der Waals surface area contributed by atoms with Gasteiger partial charge in [0, 0.05) is 22.7 Å². The van der Waals surface area contributed by atoms with Crippen LogP contribution in [0.2, 0.25) is 0 Å². The number of hydrogen-bond acceptors (Lipinski definition) is 4. The SMILES string of the molecule is CCOC(=O)Cn1cc(/C=C2/NC(=O)N(Cc3ccc(C)cc3)C2=O)c2ccccc21. The Morgan fingerprint density at radius 2 is 1.84 bits per heavy atom. The molecule has 0 radical (unpaired) electrons. The Bertz CT molecular complexity index is 1190. The van der Waals surface area contributed by atoms with E-state index in [0.717, 1.165) is 27.6 Å². The van der Waals surface area contributed by atoms with Gasteiger partial charge in [0.15, 0.2) is 0 Å². The van der Waals surface area contributed by atoms with Crippen molar-refractivity contribution in [1.29, 1.82) is 0 Å². The molecule has 1 aromatic heterocycles. The number of para-hydroxylation sites is 1. The Labute approximate surface area is 179 Å². The largest absolute Gasteiger partial charge is 0.465 e. The predicted molar refractivity (Wildman–Crippen MR) is 117 cm³/mol. The minimum Gasteiger partial charge on any atom is -0.465 e. The minimum absolute atomic E-state index is 0.0668. The Morgan fingerprint density at radius 1 is 1.10 bits per heavy atom. The number of ether oxygens (including phenoxy) is 1. The van der Waals surface area contributed by atoms with Crippen molar-refractivity contribution >= 4 is 34.9 Å². The quantitative estimate of drug-likeness (QED) is 0.377. The van der Waals surface area contributed by atoms with Gasteiger partial charge in [-0.25, -0.2) is 4.79 Å². The van der Waals surface area contributed by atoms with E-state index in [1.54, 1.807) is 23.8 Å². The summed E-state index contributed by atoms with van der Waals surface area (Å²) < 4.78 is 6.84. The second-order valence-corrected chi connectivity index (χ2v) is 7.40. The van der Waals surface area contributed by atoms with Crippen LogP contribution in [0.3, 0.4) is 0 Å². The second-order valence-electron chi connectivity index (χ2n) is 7.40. The van der Waals surface area contributed by atoms with Gasteiger partial charge >= 0.3 is 12.0 Å². The lowest BCUT2D eigenvalue weighted by atomic mass is 10.1. The number of aromatic nitrogens is 1. The molecule has 0 unspecified atom stereocenters. The molecule has 7 nitrogen and oxygen atoms in total. The second kappa shape index (κ2) is 8.47. The van der Waals surface area contributed by atoms with Crippen LogP contribution in [-0.2, 0) is 27.4 Å². The highest BCUT2D eigenvalue weighted by molar-refractivity contribution is 6.14. The average molecular weight is 417 g/mol. The summed E-state index contributed by atoms with van der Waals surface area (Å²) in [6.45, 7) is 4.32. The number of nitrogens with zero attached hydrogens (tertiary/aromatic N) is 2. The molecule has 1 fully saturated rings. The molecule has 0 saturated carbocycles. The Morgan fingerprint density at radius 3 is 2.58 bits per heavy atom.